The summed E-state index contributed by atoms with van der Waals surface area (Å²) in [6.07, 6.45) is 0. The van der Waals surface area contributed by atoms with Gasteiger partial charge in [-0.1, -0.05) is 0 Å². The smallest absolute Gasteiger partial charge is 0.215 e. The third-order valence-corrected chi connectivity index (χ3v) is 1.40. The number of nitrogens with zero attached hydrogens (tertiary/aromatic N) is 1. The fourth-order valence-electron chi connectivity index (χ4n) is 0.485. The Morgan fingerprint density at radius 3 is 2.67 bits per heavy atom. The van der Waals surface area contributed by atoms with E-state index in [9.17, 15) is 4.39 Å². The van der Waals surface area contributed by atoms with E-state index in [1.54, 1.807) is 6.07 Å². The Bertz CT molecular complexity index is 176. The van der Waals surface area contributed by atoms with Crippen LogP contribution in [-0.4, -0.2) is 4.98 Å². The maximum absolute atomic E-state index is 12.2. The molecule has 0 bridgehead atoms. The summed E-state index contributed by atoms with van der Waals surface area (Å²) in [5.74, 6) is -0.307. The molecule has 0 aliphatic carbocycles. The average molecular weight is 238 g/mol. The van der Waals surface area contributed by atoms with Gasteiger partial charge >= 0.3 is 0 Å². The number of hydrogen-bond donors (Lipinski definition) is 1. The summed E-state index contributed by atoms with van der Waals surface area (Å²) < 4.78 is 13.0. The molecule has 0 aliphatic heterocycles. The van der Waals surface area contributed by atoms with E-state index in [-0.39, 0.29) is 5.82 Å². The van der Waals surface area contributed by atoms with Gasteiger partial charge in [0.2, 0.25) is 5.95 Å². The van der Waals surface area contributed by atoms with Crippen molar-refractivity contribution < 1.29 is 4.39 Å². The lowest BCUT2D eigenvalue weighted by Crippen LogP contribution is -1.92. The molecule has 1 rings (SSSR count). The Hall–Kier alpha value is -0.390. The van der Waals surface area contributed by atoms with Crippen molar-refractivity contribution in [2.75, 3.05) is 5.73 Å². The van der Waals surface area contributed by atoms with E-state index < -0.39 is 5.95 Å². The fourth-order valence-corrected chi connectivity index (χ4v) is 1.06. The van der Waals surface area contributed by atoms with Crippen molar-refractivity contribution in [2.45, 2.75) is 0 Å². The van der Waals surface area contributed by atoms with Crippen LogP contribution < -0.4 is 5.73 Å². The number of aromatic nitrogens is 1. The molecule has 0 amide bonds. The minimum Gasteiger partial charge on any atom is -0.384 e. The van der Waals surface area contributed by atoms with Crippen molar-refractivity contribution in [1.29, 1.82) is 0 Å². The van der Waals surface area contributed by atoms with Crippen molar-refractivity contribution >= 4 is 28.4 Å². The fraction of sp³-hybridized carbons (Fsp3) is 0. The van der Waals surface area contributed by atoms with Crippen LogP contribution in [0, 0.1) is 9.52 Å². The average Bonchev–Trinajstić information content (AvgIpc) is 1.59. The number of halogens is 2. The molecule has 1 heterocycles. The first-order chi connectivity index (χ1) is 4.18. The first-order valence-corrected chi connectivity index (χ1v) is 3.35. The van der Waals surface area contributed by atoms with Crippen LogP contribution in [0.3, 0.4) is 0 Å². The van der Waals surface area contributed by atoms with Crippen LogP contribution in [-0.2, 0) is 0 Å². The van der Waals surface area contributed by atoms with E-state index in [1.807, 2.05) is 22.6 Å². The second kappa shape index (κ2) is 2.47. The standard InChI is InChI=1S/C5H4FIN2/c6-4-1-3(7)2-5(8)9-4/h1-2H,(H2,8,9). The third kappa shape index (κ3) is 1.78. The normalized spacial score (nSPS) is 9.56. The van der Waals surface area contributed by atoms with Gasteiger partial charge in [0.25, 0.3) is 0 Å². The number of pyridine rings is 1. The van der Waals surface area contributed by atoms with Crippen molar-refractivity contribution in [3.63, 3.8) is 0 Å². The number of hydrogen-bond acceptors (Lipinski definition) is 2. The lowest BCUT2D eigenvalue weighted by Gasteiger charge is -1.92. The van der Waals surface area contributed by atoms with Gasteiger partial charge in [0, 0.05) is 9.64 Å². The highest BCUT2D eigenvalue weighted by Gasteiger charge is 1.94. The van der Waals surface area contributed by atoms with Crippen LogP contribution in [0.2, 0.25) is 0 Å². The summed E-state index contributed by atoms with van der Waals surface area (Å²) in [7, 11) is 0. The van der Waals surface area contributed by atoms with Crippen LogP contribution in [0.15, 0.2) is 12.1 Å². The highest BCUT2D eigenvalue weighted by Crippen LogP contribution is 2.07. The zero-order valence-electron chi connectivity index (χ0n) is 4.44. The lowest BCUT2D eigenvalue weighted by molar-refractivity contribution is 0.585. The molecule has 0 fully saturated rings. The Balaban J connectivity index is 3.17. The Morgan fingerprint density at radius 1 is 1.56 bits per heavy atom. The molecular weight excluding hydrogens is 234 g/mol. The van der Waals surface area contributed by atoms with Gasteiger partial charge in [0.1, 0.15) is 5.82 Å². The Labute approximate surface area is 65.4 Å². The SMILES string of the molecule is Nc1cc(I)cc(F)n1. The maximum Gasteiger partial charge on any atom is 0.215 e. The van der Waals surface area contributed by atoms with E-state index in [1.165, 1.54) is 6.07 Å². The molecule has 4 heteroatoms. The van der Waals surface area contributed by atoms with Gasteiger partial charge in [-0.05, 0) is 28.7 Å². The molecule has 0 aliphatic rings. The second-order valence-corrected chi connectivity index (χ2v) is 2.78. The topological polar surface area (TPSA) is 38.9 Å². The van der Waals surface area contributed by atoms with E-state index in [0.717, 1.165) is 3.57 Å². The molecule has 0 saturated heterocycles. The zero-order chi connectivity index (χ0) is 6.85. The van der Waals surface area contributed by atoms with Crippen molar-refractivity contribution in [2.24, 2.45) is 0 Å². The van der Waals surface area contributed by atoms with E-state index in [2.05, 4.69) is 4.98 Å². The molecule has 0 aromatic carbocycles. The first kappa shape index (κ1) is 6.73. The lowest BCUT2D eigenvalue weighted by atomic mass is 10.5. The van der Waals surface area contributed by atoms with Crippen LogP contribution in [0.25, 0.3) is 0 Å². The quantitative estimate of drug-likeness (QED) is 0.548. The van der Waals surface area contributed by atoms with Gasteiger partial charge in [0.05, 0.1) is 0 Å². The highest BCUT2D eigenvalue weighted by molar-refractivity contribution is 14.1. The number of nitrogen functional groups attached to an aromatic ring is 1. The second-order valence-electron chi connectivity index (χ2n) is 1.53. The summed E-state index contributed by atoms with van der Waals surface area (Å²) in [5.41, 5.74) is 5.20. The molecule has 2 N–H and O–H groups in total. The van der Waals surface area contributed by atoms with Gasteiger partial charge in [-0.3, -0.25) is 0 Å². The summed E-state index contributed by atoms with van der Waals surface area (Å²) in [5, 5.41) is 0. The first-order valence-electron chi connectivity index (χ1n) is 2.27. The number of nitrogens with two attached hydrogens (primary N) is 1. The molecule has 0 saturated carbocycles. The Kier molecular flexibility index (Phi) is 1.84. The van der Waals surface area contributed by atoms with Gasteiger partial charge in [-0.25, -0.2) is 4.98 Å². The molecule has 1 aromatic heterocycles. The summed E-state index contributed by atoms with van der Waals surface area (Å²) >= 11 is 1.97. The van der Waals surface area contributed by atoms with E-state index in [0.29, 0.717) is 0 Å². The van der Waals surface area contributed by atoms with Gasteiger partial charge in [-0.15, -0.1) is 0 Å². The largest absolute Gasteiger partial charge is 0.384 e. The zero-order valence-corrected chi connectivity index (χ0v) is 6.59. The van der Waals surface area contributed by atoms with E-state index >= 15 is 0 Å². The summed E-state index contributed by atoms with van der Waals surface area (Å²) in [6.45, 7) is 0. The summed E-state index contributed by atoms with van der Waals surface area (Å²) in [4.78, 5) is 3.34. The number of rotatable bonds is 0. The molecule has 0 radical (unpaired) electrons. The highest BCUT2D eigenvalue weighted by atomic mass is 127. The predicted molar refractivity (Wildman–Crippen MR) is 41.3 cm³/mol. The molecule has 0 unspecified atom stereocenters. The molecule has 1 aromatic rings. The minimum atomic E-state index is -0.528. The molecule has 2 nitrogen and oxygen atoms in total. The molecule has 48 valence electrons. The monoisotopic (exact) mass is 238 g/mol. The molecule has 0 spiro atoms. The van der Waals surface area contributed by atoms with E-state index in [4.69, 9.17) is 5.73 Å². The van der Waals surface area contributed by atoms with Crippen LogP contribution in [0.5, 0.6) is 0 Å². The van der Waals surface area contributed by atoms with Crippen LogP contribution in [0.4, 0.5) is 10.2 Å². The van der Waals surface area contributed by atoms with Gasteiger partial charge in [0.15, 0.2) is 0 Å². The van der Waals surface area contributed by atoms with Crippen molar-refractivity contribution in [1.82, 2.24) is 4.98 Å². The molecule has 9 heavy (non-hydrogen) atoms. The predicted octanol–water partition coefficient (Wildman–Crippen LogP) is 1.41. The maximum atomic E-state index is 12.2. The Morgan fingerprint density at radius 2 is 2.22 bits per heavy atom. The van der Waals surface area contributed by atoms with Crippen LogP contribution in [0.1, 0.15) is 0 Å². The molecular formula is C5H4FIN2. The molecule has 0 atom stereocenters. The van der Waals surface area contributed by atoms with Crippen molar-refractivity contribution in [3.8, 4) is 0 Å². The minimum absolute atomic E-state index is 0.222. The van der Waals surface area contributed by atoms with Crippen LogP contribution >= 0.6 is 22.6 Å². The number of anilines is 1. The van der Waals surface area contributed by atoms with Crippen molar-refractivity contribution in [3.05, 3.63) is 21.7 Å². The third-order valence-electron chi connectivity index (χ3n) is 0.779. The van der Waals surface area contributed by atoms with Gasteiger partial charge < -0.3 is 5.73 Å². The van der Waals surface area contributed by atoms with Gasteiger partial charge in [-0.2, -0.15) is 4.39 Å². The summed E-state index contributed by atoms with van der Waals surface area (Å²) in [6, 6.07) is 2.92.